The van der Waals surface area contributed by atoms with Crippen molar-refractivity contribution in [3.05, 3.63) is 57.6 Å². The highest BCUT2D eigenvalue weighted by Crippen LogP contribution is 2.40. The van der Waals surface area contributed by atoms with Crippen molar-refractivity contribution in [2.24, 2.45) is 0 Å². The van der Waals surface area contributed by atoms with Crippen LogP contribution in [-0.2, 0) is 23.7 Å². The Bertz CT molecular complexity index is 732. The van der Waals surface area contributed by atoms with Crippen LogP contribution in [0.3, 0.4) is 0 Å². The van der Waals surface area contributed by atoms with E-state index in [4.69, 9.17) is 17.3 Å². The summed E-state index contributed by atoms with van der Waals surface area (Å²) in [6.07, 6.45) is 1.72. The minimum Gasteiger partial charge on any atom is -0.507 e. The molecule has 136 valence electrons. The molecule has 0 spiro atoms. The predicted molar refractivity (Wildman–Crippen MR) is 109 cm³/mol. The van der Waals surface area contributed by atoms with Crippen molar-refractivity contribution in [2.75, 3.05) is 5.73 Å². The lowest BCUT2D eigenvalue weighted by molar-refractivity contribution is 0.422. The van der Waals surface area contributed by atoms with Crippen molar-refractivity contribution in [3.8, 4) is 5.75 Å². The molecular weight excluding hydrogens is 330 g/mol. The topological polar surface area (TPSA) is 46.2 Å². The summed E-state index contributed by atoms with van der Waals surface area (Å²) in [5.41, 5.74) is 10.9. The Labute approximate surface area is 157 Å². The highest BCUT2D eigenvalue weighted by Gasteiger charge is 2.26. The monoisotopic (exact) mass is 359 g/mol. The van der Waals surface area contributed by atoms with Crippen LogP contribution in [0.5, 0.6) is 5.75 Å². The van der Waals surface area contributed by atoms with Gasteiger partial charge in [-0.1, -0.05) is 71.3 Å². The maximum Gasteiger partial charge on any atom is 0.123 e. The minimum absolute atomic E-state index is 0.112. The molecule has 0 saturated carbocycles. The standard InChI is InChI=1S/C22H30ClNO/c1-21(2,3)17-11-14(12-18(20(17)25)22(4,5)6)7-8-15-9-10-16(23)13-19(15)24/h9-13,25H,7-8,24H2,1-6H3. The van der Waals surface area contributed by atoms with Crippen LogP contribution in [0.4, 0.5) is 5.69 Å². The number of anilines is 1. The highest BCUT2D eigenvalue weighted by molar-refractivity contribution is 6.30. The molecule has 25 heavy (non-hydrogen) atoms. The van der Waals surface area contributed by atoms with Gasteiger partial charge in [0, 0.05) is 10.7 Å². The van der Waals surface area contributed by atoms with Crippen LogP contribution < -0.4 is 5.73 Å². The van der Waals surface area contributed by atoms with Crippen molar-refractivity contribution in [1.29, 1.82) is 0 Å². The first-order valence-corrected chi connectivity index (χ1v) is 9.18. The summed E-state index contributed by atoms with van der Waals surface area (Å²) >= 11 is 5.99. The molecule has 3 N–H and O–H groups in total. The van der Waals surface area contributed by atoms with Crippen molar-refractivity contribution in [1.82, 2.24) is 0 Å². The molecule has 0 bridgehead atoms. The van der Waals surface area contributed by atoms with Crippen molar-refractivity contribution in [2.45, 2.75) is 65.2 Å². The molecule has 3 heteroatoms. The number of benzene rings is 2. The zero-order valence-corrected chi connectivity index (χ0v) is 17.0. The lowest BCUT2D eigenvalue weighted by Crippen LogP contribution is -2.18. The smallest absolute Gasteiger partial charge is 0.123 e. The van der Waals surface area contributed by atoms with E-state index in [1.807, 2.05) is 12.1 Å². The predicted octanol–water partition coefficient (Wildman–Crippen LogP) is 6.01. The van der Waals surface area contributed by atoms with Crippen molar-refractivity contribution in [3.63, 3.8) is 0 Å². The van der Waals surface area contributed by atoms with E-state index in [0.29, 0.717) is 10.8 Å². The van der Waals surface area contributed by atoms with Gasteiger partial charge in [-0.2, -0.15) is 0 Å². The number of nitrogens with two attached hydrogens (primary N) is 1. The molecule has 0 aromatic heterocycles. The molecule has 2 nitrogen and oxygen atoms in total. The third kappa shape index (κ3) is 4.70. The maximum absolute atomic E-state index is 10.8. The summed E-state index contributed by atoms with van der Waals surface area (Å²) in [5.74, 6) is 0.426. The highest BCUT2D eigenvalue weighted by atomic mass is 35.5. The zero-order valence-electron chi connectivity index (χ0n) is 16.2. The van der Waals surface area contributed by atoms with Gasteiger partial charge in [0.25, 0.3) is 0 Å². The van der Waals surface area contributed by atoms with Gasteiger partial charge >= 0.3 is 0 Å². The molecule has 2 aromatic carbocycles. The summed E-state index contributed by atoms with van der Waals surface area (Å²) in [5, 5.41) is 11.5. The summed E-state index contributed by atoms with van der Waals surface area (Å²) in [4.78, 5) is 0. The molecule has 0 unspecified atom stereocenters. The van der Waals surface area contributed by atoms with Gasteiger partial charge in [-0.15, -0.1) is 0 Å². The Morgan fingerprint density at radius 3 is 1.84 bits per heavy atom. The fourth-order valence-electron chi connectivity index (χ4n) is 3.05. The van der Waals surface area contributed by atoms with Gasteiger partial charge in [0.1, 0.15) is 5.75 Å². The summed E-state index contributed by atoms with van der Waals surface area (Å²) < 4.78 is 0. The van der Waals surface area contributed by atoms with Gasteiger partial charge < -0.3 is 10.8 Å². The lowest BCUT2D eigenvalue weighted by Gasteiger charge is -2.28. The van der Waals surface area contributed by atoms with E-state index in [0.717, 1.165) is 35.2 Å². The van der Waals surface area contributed by atoms with Crippen molar-refractivity contribution < 1.29 is 5.11 Å². The average Bonchev–Trinajstić information content (AvgIpc) is 2.45. The van der Waals surface area contributed by atoms with Crippen LogP contribution in [0.1, 0.15) is 63.8 Å². The molecule has 0 heterocycles. The van der Waals surface area contributed by atoms with E-state index >= 15 is 0 Å². The molecule has 2 rings (SSSR count). The fourth-order valence-corrected chi connectivity index (χ4v) is 3.24. The number of hydrogen-bond donors (Lipinski definition) is 2. The van der Waals surface area contributed by atoms with Gasteiger partial charge in [-0.25, -0.2) is 0 Å². The van der Waals surface area contributed by atoms with E-state index in [1.165, 1.54) is 5.56 Å². The van der Waals surface area contributed by atoms with E-state index in [-0.39, 0.29) is 10.8 Å². The Morgan fingerprint density at radius 1 is 0.880 bits per heavy atom. The summed E-state index contributed by atoms with van der Waals surface area (Å²) in [7, 11) is 0. The second kappa shape index (κ2) is 6.92. The molecular formula is C22H30ClNO. The maximum atomic E-state index is 10.8. The zero-order chi connectivity index (χ0) is 19.0. The first-order valence-electron chi connectivity index (χ1n) is 8.80. The Balaban J connectivity index is 2.40. The second-order valence-electron chi connectivity index (χ2n) is 8.88. The number of halogens is 1. The molecule has 2 aromatic rings. The summed E-state index contributed by atoms with van der Waals surface area (Å²) in [6, 6.07) is 9.95. The van der Waals surface area contributed by atoms with Gasteiger partial charge in [0.05, 0.1) is 0 Å². The largest absolute Gasteiger partial charge is 0.507 e. The average molecular weight is 360 g/mol. The number of phenols is 1. The van der Waals surface area contributed by atoms with Gasteiger partial charge in [0.15, 0.2) is 0 Å². The molecule has 0 saturated heterocycles. The Kier molecular flexibility index (Phi) is 5.44. The molecule has 0 radical (unpaired) electrons. The third-order valence-electron chi connectivity index (χ3n) is 4.58. The van der Waals surface area contributed by atoms with Gasteiger partial charge in [-0.05, 0) is 58.1 Å². The number of rotatable bonds is 3. The minimum atomic E-state index is -0.112. The molecule has 0 aliphatic carbocycles. The lowest BCUT2D eigenvalue weighted by atomic mass is 9.78. The van der Waals surface area contributed by atoms with Crippen LogP contribution in [0.25, 0.3) is 0 Å². The summed E-state index contributed by atoms with van der Waals surface area (Å²) in [6.45, 7) is 12.8. The Morgan fingerprint density at radius 2 is 1.40 bits per heavy atom. The van der Waals surface area contributed by atoms with E-state index < -0.39 is 0 Å². The first kappa shape index (κ1) is 19.7. The number of aromatic hydroxyl groups is 1. The number of hydrogen-bond acceptors (Lipinski definition) is 2. The van der Waals surface area contributed by atoms with E-state index in [1.54, 1.807) is 6.07 Å². The molecule has 0 amide bonds. The van der Waals surface area contributed by atoms with Gasteiger partial charge in [-0.3, -0.25) is 0 Å². The SMILES string of the molecule is CC(C)(C)c1cc(CCc2ccc(Cl)cc2N)cc(C(C)(C)C)c1O. The Hall–Kier alpha value is -1.67. The first-order chi connectivity index (χ1) is 11.4. The van der Waals surface area contributed by atoms with Crippen LogP contribution in [-0.4, -0.2) is 5.11 Å². The molecule has 0 aliphatic heterocycles. The van der Waals surface area contributed by atoms with E-state index in [9.17, 15) is 5.11 Å². The third-order valence-corrected chi connectivity index (χ3v) is 4.81. The van der Waals surface area contributed by atoms with Crippen molar-refractivity contribution >= 4 is 17.3 Å². The second-order valence-corrected chi connectivity index (χ2v) is 9.32. The van der Waals surface area contributed by atoms with Crippen LogP contribution in [0.2, 0.25) is 5.02 Å². The molecule has 0 fully saturated rings. The molecule has 0 atom stereocenters. The van der Waals surface area contributed by atoms with Crippen LogP contribution in [0, 0.1) is 0 Å². The van der Waals surface area contributed by atoms with Crippen LogP contribution in [0.15, 0.2) is 30.3 Å². The quantitative estimate of drug-likeness (QED) is 0.659. The number of nitrogen functional groups attached to an aromatic ring is 1. The normalized spacial score (nSPS) is 12.4. The van der Waals surface area contributed by atoms with Crippen LogP contribution >= 0.6 is 11.6 Å². The fraction of sp³-hybridized carbons (Fsp3) is 0.455. The van der Waals surface area contributed by atoms with Gasteiger partial charge in [0.2, 0.25) is 0 Å². The number of aryl methyl sites for hydroxylation is 2. The molecule has 0 aliphatic rings. The van der Waals surface area contributed by atoms with E-state index in [2.05, 4.69) is 53.7 Å². The number of phenolic OH excluding ortho intramolecular Hbond substituents is 1.